The second kappa shape index (κ2) is 9.51. The maximum atomic E-state index is 13.4. The summed E-state index contributed by atoms with van der Waals surface area (Å²) in [5.41, 5.74) is 12.1. The lowest BCUT2D eigenvalue weighted by Crippen LogP contribution is -2.54. The van der Waals surface area contributed by atoms with Gasteiger partial charge in [-0.1, -0.05) is 42.8 Å². The van der Waals surface area contributed by atoms with Crippen LogP contribution in [0.2, 0.25) is 0 Å². The first-order valence-electron chi connectivity index (χ1n) is 13.9. The molecule has 3 aliphatic rings. The van der Waals surface area contributed by atoms with E-state index in [9.17, 15) is 4.79 Å². The van der Waals surface area contributed by atoms with Crippen molar-refractivity contribution in [2.75, 3.05) is 12.3 Å². The Kier molecular flexibility index (Phi) is 5.84. The van der Waals surface area contributed by atoms with Crippen LogP contribution in [0, 0.1) is 0 Å². The number of hydrogen-bond acceptors (Lipinski definition) is 6. The van der Waals surface area contributed by atoms with Crippen molar-refractivity contribution in [3.63, 3.8) is 0 Å². The van der Waals surface area contributed by atoms with Crippen LogP contribution >= 0.6 is 0 Å². The van der Waals surface area contributed by atoms with Gasteiger partial charge >= 0.3 is 0 Å². The molecule has 0 spiro atoms. The number of amides is 1. The number of aromatic nitrogens is 4. The number of hydrogen-bond donors (Lipinski definition) is 2. The molecule has 38 heavy (non-hydrogen) atoms. The predicted molar refractivity (Wildman–Crippen MR) is 147 cm³/mol. The average molecular weight is 508 g/mol. The monoisotopic (exact) mass is 507 g/mol. The van der Waals surface area contributed by atoms with Gasteiger partial charge in [-0.25, -0.2) is 4.98 Å². The predicted octanol–water partition coefficient (Wildman–Crippen LogP) is 4.42. The van der Waals surface area contributed by atoms with Gasteiger partial charge < -0.3 is 16.0 Å². The molecular formula is C30H33N7O. The number of nitrogens with zero attached hydrogens (tertiary/aromatic N) is 5. The van der Waals surface area contributed by atoms with Gasteiger partial charge in [-0.2, -0.15) is 9.61 Å². The number of nitrogen functional groups attached to an aromatic ring is 1. The standard InChI is InChI=1S/C30H33N7O/c31-28-16-27(21-14-22-10-11-23(15-21)36(22)30(38)26-8-4-5-13-32-26)35-29-24(18-34-37(28)29)20-9-12-25(33-17-20)19-6-2-1-3-7-19/h1-3,6-7,9,12,16-18,21-23,26,32H,4-5,8,10-11,13-15,31H2/t21-,22+,23-,26-/m1/s1. The van der Waals surface area contributed by atoms with E-state index in [0.29, 0.717) is 11.7 Å². The van der Waals surface area contributed by atoms with E-state index in [4.69, 9.17) is 15.7 Å². The number of benzene rings is 1. The Balaban J connectivity index is 1.16. The van der Waals surface area contributed by atoms with Crippen molar-refractivity contribution in [1.82, 2.24) is 29.8 Å². The van der Waals surface area contributed by atoms with E-state index >= 15 is 0 Å². The molecule has 0 unspecified atom stereocenters. The van der Waals surface area contributed by atoms with Crippen LogP contribution in [0.25, 0.3) is 28.0 Å². The van der Waals surface area contributed by atoms with Crippen molar-refractivity contribution < 1.29 is 4.79 Å². The summed E-state index contributed by atoms with van der Waals surface area (Å²) in [6.45, 7) is 0.948. The highest BCUT2D eigenvalue weighted by molar-refractivity contribution is 5.83. The average Bonchev–Trinajstić information content (AvgIpc) is 3.52. The van der Waals surface area contributed by atoms with E-state index in [2.05, 4.69) is 33.5 Å². The van der Waals surface area contributed by atoms with Gasteiger partial charge in [-0.3, -0.25) is 9.78 Å². The summed E-state index contributed by atoms with van der Waals surface area (Å²) in [5.74, 6) is 1.18. The molecule has 3 fully saturated rings. The Morgan fingerprint density at radius 3 is 2.47 bits per heavy atom. The zero-order valence-electron chi connectivity index (χ0n) is 21.5. The Morgan fingerprint density at radius 1 is 0.947 bits per heavy atom. The minimum absolute atomic E-state index is 0.00948. The quantitative estimate of drug-likeness (QED) is 0.424. The van der Waals surface area contributed by atoms with Gasteiger partial charge in [0.05, 0.1) is 17.9 Å². The first-order chi connectivity index (χ1) is 18.7. The van der Waals surface area contributed by atoms with Crippen molar-refractivity contribution in [2.24, 2.45) is 0 Å². The van der Waals surface area contributed by atoms with Crippen LogP contribution in [0.15, 0.2) is 60.9 Å². The molecule has 0 aliphatic carbocycles. The largest absolute Gasteiger partial charge is 0.384 e. The molecule has 1 aromatic carbocycles. The van der Waals surface area contributed by atoms with Crippen LogP contribution < -0.4 is 11.1 Å². The summed E-state index contributed by atoms with van der Waals surface area (Å²) in [6.07, 6.45) is 11.0. The Morgan fingerprint density at radius 2 is 1.76 bits per heavy atom. The summed E-state index contributed by atoms with van der Waals surface area (Å²) in [4.78, 5) is 25.4. The van der Waals surface area contributed by atoms with E-state index in [1.54, 1.807) is 4.52 Å². The van der Waals surface area contributed by atoms with Gasteiger partial charge in [0.15, 0.2) is 5.65 Å². The minimum Gasteiger partial charge on any atom is -0.384 e. The topological polar surface area (TPSA) is 101 Å². The Labute approximate surface area is 222 Å². The Bertz CT molecular complexity index is 1450. The molecule has 3 saturated heterocycles. The van der Waals surface area contributed by atoms with Crippen LogP contribution in [0.4, 0.5) is 5.82 Å². The van der Waals surface area contributed by atoms with E-state index < -0.39 is 0 Å². The molecule has 2 bridgehead atoms. The molecule has 8 nitrogen and oxygen atoms in total. The molecule has 8 heteroatoms. The SMILES string of the molecule is Nc1cc([C@H]2C[C@H]3CC[C@@H](C2)N3C(=O)[C@H]2CCCCN2)nc2c(-c3ccc(-c4ccccc4)nc3)cnn12. The number of pyridine rings is 1. The zero-order chi connectivity index (χ0) is 25.6. The first kappa shape index (κ1) is 23.3. The summed E-state index contributed by atoms with van der Waals surface area (Å²) in [7, 11) is 0. The molecule has 194 valence electrons. The van der Waals surface area contributed by atoms with E-state index in [1.807, 2.05) is 42.7 Å². The van der Waals surface area contributed by atoms with Crippen LogP contribution in [0.3, 0.4) is 0 Å². The summed E-state index contributed by atoms with van der Waals surface area (Å²) >= 11 is 0. The van der Waals surface area contributed by atoms with Crippen molar-refractivity contribution in [1.29, 1.82) is 0 Å². The molecule has 4 aromatic rings. The summed E-state index contributed by atoms with van der Waals surface area (Å²) in [6, 6.07) is 16.8. The highest BCUT2D eigenvalue weighted by Crippen LogP contribution is 2.44. The molecule has 6 heterocycles. The molecular weight excluding hydrogens is 474 g/mol. The number of anilines is 1. The van der Waals surface area contributed by atoms with E-state index in [1.165, 1.54) is 0 Å². The lowest BCUT2D eigenvalue weighted by atomic mass is 9.87. The Hall–Kier alpha value is -3.78. The number of carbonyl (C=O) groups excluding carboxylic acids is 1. The van der Waals surface area contributed by atoms with Gasteiger partial charge in [0.2, 0.25) is 5.91 Å². The summed E-state index contributed by atoms with van der Waals surface area (Å²) in [5, 5.41) is 7.98. The van der Waals surface area contributed by atoms with Crippen LogP contribution in [0.1, 0.15) is 56.6 Å². The van der Waals surface area contributed by atoms with Gasteiger partial charge in [-0.05, 0) is 51.1 Å². The van der Waals surface area contributed by atoms with Crippen molar-refractivity contribution in [3.8, 4) is 22.4 Å². The molecule has 0 radical (unpaired) electrons. The highest BCUT2D eigenvalue weighted by atomic mass is 16.2. The highest BCUT2D eigenvalue weighted by Gasteiger charge is 2.45. The van der Waals surface area contributed by atoms with Crippen molar-refractivity contribution in [3.05, 3.63) is 66.6 Å². The van der Waals surface area contributed by atoms with E-state index in [-0.39, 0.29) is 24.0 Å². The number of fused-ring (bicyclic) bond motifs is 3. The number of piperidine rings is 2. The van der Waals surface area contributed by atoms with Crippen LogP contribution in [-0.2, 0) is 4.79 Å². The number of carbonyl (C=O) groups is 1. The third kappa shape index (κ3) is 4.04. The molecule has 7 rings (SSSR count). The number of nitrogens with two attached hydrogens (primary N) is 1. The lowest BCUT2D eigenvalue weighted by Gasteiger charge is -2.41. The normalized spacial score (nSPS) is 25.1. The number of nitrogens with one attached hydrogen (secondary N) is 1. The van der Waals surface area contributed by atoms with Crippen molar-refractivity contribution >= 4 is 17.4 Å². The van der Waals surface area contributed by atoms with Gasteiger partial charge in [0, 0.05) is 52.6 Å². The fraction of sp³-hybridized carbons (Fsp3) is 0.400. The minimum atomic E-state index is -0.00948. The molecule has 3 aromatic heterocycles. The molecule has 0 saturated carbocycles. The maximum Gasteiger partial charge on any atom is 0.240 e. The second-order valence-corrected chi connectivity index (χ2v) is 11.0. The third-order valence-corrected chi connectivity index (χ3v) is 8.68. The summed E-state index contributed by atoms with van der Waals surface area (Å²) < 4.78 is 1.71. The molecule has 3 aliphatic heterocycles. The van der Waals surface area contributed by atoms with Crippen LogP contribution in [-0.4, -0.2) is 55.1 Å². The fourth-order valence-electron chi connectivity index (χ4n) is 6.77. The van der Waals surface area contributed by atoms with Gasteiger partial charge in [0.25, 0.3) is 0 Å². The van der Waals surface area contributed by atoms with Crippen molar-refractivity contribution in [2.45, 2.75) is 69.0 Å². The zero-order valence-corrected chi connectivity index (χ0v) is 21.5. The lowest BCUT2D eigenvalue weighted by molar-refractivity contribution is -0.138. The molecule has 3 N–H and O–H groups in total. The maximum absolute atomic E-state index is 13.4. The molecule has 1 amide bonds. The van der Waals surface area contributed by atoms with Gasteiger partial charge in [0.1, 0.15) is 5.82 Å². The van der Waals surface area contributed by atoms with E-state index in [0.717, 1.165) is 85.2 Å². The second-order valence-electron chi connectivity index (χ2n) is 11.0. The molecule has 4 atom stereocenters. The van der Waals surface area contributed by atoms with Crippen LogP contribution in [0.5, 0.6) is 0 Å². The number of rotatable bonds is 4. The first-order valence-corrected chi connectivity index (χ1v) is 13.9. The smallest absolute Gasteiger partial charge is 0.240 e. The van der Waals surface area contributed by atoms with Gasteiger partial charge in [-0.15, -0.1) is 0 Å². The third-order valence-electron chi connectivity index (χ3n) is 8.68. The fourth-order valence-corrected chi connectivity index (χ4v) is 6.77.